The molecule has 0 N–H and O–H groups in total. The Balaban J connectivity index is 1.78. The lowest BCUT2D eigenvalue weighted by Gasteiger charge is -2.43. The average Bonchev–Trinajstić information content (AvgIpc) is 2.62. The van der Waals surface area contributed by atoms with Gasteiger partial charge in [0.1, 0.15) is 11.9 Å². The highest BCUT2D eigenvalue weighted by atomic mass is 35.5. The molecule has 2 aromatic rings. The second-order valence-electron chi connectivity index (χ2n) is 9.48. The molecule has 27 heavy (non-hydrogen) atoms. The normalized spacial score (nSPS) is 30.8. The van der Waals surface area contributed by atoms with E-state index in [0.717, 1.165) is 36.8 Å². The van der Waals surface area contributed by atoms with E-state index in [2.05, 4.69) is 70.2 Å². The van der Waals surface area contributed by atoms with E-state index < -0.39 is 0 Å². The number of benzene rings is 2. The van der Waals surface area contributed by atoms with E-state index in [1.54, 1.807) is 0 Å². The van der Waals surface area contributed by atoms with Gasteiger partial charge in [0, 0.05) is 15.8 Å². The maximum Gasteiger partial charge on any atom is 0.136 e. The van der Waals surface area contributed by atoms with Crippen LogP contribution in [0.1, 0.15) is 64.5 Å². The summed E-state index contributed by atoms with van der Waals surface area (Å²) in [5, 5.41) is 2.38. The predicted octanol–water partition coefficient (Wildman–Crippen LogP) is 7.46. The molecular formula is C24H28Cl2O. The monoisotopic (exact) mass is 402 g/mol. The van der Waals surface area contributed by atoms with E-state index in [1.807, 2.05) is 0 Å². The molecule has 0 amide bonds. The summed E-state index contributed by atoms with van der Waals surface area (Å²) in [5.41, 5.74) is 2.54. The average molecular weight is 403 g/mol. The molecule has 0 aromatic heterocycles. The van der Waals surface area contributed by atoms with Crippen molar-refractivity contribution in [2.24, 2.45) is 0 Å². The van der Waals surface area contributed by atoms with Crippen LogP contribution in [0.5, 0.6) is 5.75 Å². The van der Waals surface area contributed by atoms with Crippen LogP contribution in [0.4, 0.5) is 0 Å². The van der Waals surface area contributed by atoms with E-state index in [1.165, 1.54) is 16.5 Å². The first kappa shape index (κ1) is 19.2. The van der Waals surface area contributed by atoms with Gasteiger partial charge in [-0.25, -0.2) is 0 Å². The Morgan fingerprint density at radius 3 is 2.37 bits per heavy atom. The van der Waals surface area contributed by atoms with Crippen LogP contribution in [-0.4, -0.2) is 15.9 Å². The van der Waals surface area contributed by atoms with Crippen LogP contribution >= 0.6 is 23.2 Å². The highest BCUT2D eigenvalue weighted by Crippen LogP contribution is 2.48. The Kier molecular flexibility index (Phi) is 4.56. The van der Waals surface area contributed by atoms with Crippen molar-refractivity contribution in [3.63, 3.8) is 0 Å². The van der Waals surface area contributed by atoms with Crippen molar-refractivity contribution in [1.29, 1.82) is 0 Å². The lowest BCUT2D eigenvalue weighted by atomic mass is 9.77. The molecule has 0 spiro atoms. The van der Waals surface area contributed by atoms with Crippen molar-refractivity contribution in [2.75, 3.05) is 0 Å². The van der Waals surface area contributed by atoms with Crippen molar-refractivity contribution in [3.05, 3.63) is 47.5 Å². The molecule has 1 saturated carbocycles. The smallest absolute Gasteiger partial charge is 0.136 e. The summed E-state index contributed by atoms with van der Waals surface area (Å²) in [6.45, 7) is 8.87. The Bertz CT molecular complexity index is 894. The third kappa shape index (κ3) is 3.49. The van der Waals surface area contributed by atoms with E-state index in [0.29, 0.717) is 0 Å². The van der Waals surface area contributed by atoms with Crippen LogP contribution in [0.15, 0.2) is 36.4 Å². The number of fused-ring (bicyclic) bond motifs is 3. The molecule has 1 heterocycles. The standard InChI is InChI=1S/C24H28Cl2O/c1-22(2,3)19-15-16-7-5-6-8-17(16)21-18(19)9-10-20(27-21)24(26)13-11-23(4,25)12-14-24/h5-10,15,20H,11-14H2,1-4H3. The molecule has 3 heteroatoms. The fourth-order valence-corrected chi connectivity index (χ4v) is 4.84. The highest BCUT2D eigenvalue weighted by molar-refractivity contribution is 6.26. The van der Waals surface area contributed by atoms with Gasteiger partial charge in [0.2, 0.25) is 0 Å². The first-order valence-electron chi connectivity index (χ1n) is 9.88. The fourth-order valence-electron chi connectivity index (χ4n) is 4.34. The quantitative estimate of drug-likeness (QED) is 0.449. The van der Waals surface area contributed by atoms with Crippen LogP contribution in [0, 0.1) is 0 Å². The second kappa shape index (κ2) is 6.42. The Labute approximate surface area is 172 Å². The summed E-state index contributed by atoms with van der Waals surface area (Å²) in [5.74, 6) is 0.977. The van der Waals surface area contributed by atoms with Crippen molar-refractivity contribution >= 4 is 40.1 Å². The molecular weight excluding hydrogens is 375 g/mol. The maximum absolute atomic E-state index is 7.09. The van der Waals surface area contributed by atoms with Gasteiger partial charge in [0.05, 0.1) is 4.87 Å². The van der Waals surface area contributed by atoms with Crippen LogP contribution in [0.3, 0.4) is 0 Å². The van der Waals surface area contributed by atoms with E-state index in [4.69, 9.17) is 27.9 Å². The second-order valence-corrected chi connectivity index (χ2v) is 11.1. The van der Waals surface area contributed by atoms with E-state index in [-0.39, 0.29) is 21.3 Å². The molecule has 144 valence electrons. The molecule has 1 atom stereocenters. The lowest BCUT2D eigenvalue weighted by molar-refractivity contribution is 0.156. The Morgan fingerprint density at radius 2 is 1.70 bits per heavy atom. The fraction of sp³-hybridized carbons (Fsp3) is 0.500. The van der Waals surface area contributed by atoms with Crippen molar-refractivity contribution in [2.45, 2.75) is 74.6 Å². The molecule has 0 radical (unpaired) electrons. The molecule has 4 rings (SSSR count). The SMILES string of the molecule is CC1(Cl)CCC(Cl)(C2C=Cc3c(C(C)(C)C)cc4ccccc4c3O2)CC1. The molecule has 2 aromatic carbocycles. The Hall–Kier alpha value is -1.18. The number of hydrogen-bond donors (Lipinski definition) is 0. The van der Waals surface area contributed by atoms with Gasteiger partial charge in [-0.15, -0.1) is 23.2 Å². The zero-order chi connectivity index (χ0) is 19.4. The summed E-state index contributed by atoms with van der Waals surface area (Å²) in [6.07, 6.45) is 7.85. The molecule has 1 aliphatic carbocycles. The van der Waals surface area contributed by atoms with Gasteiger partial charge in [-0.2, -0.15) is 0 Å². The van der Waals surface area contributed by atoms with Crippen LogP contribution in [-0.2, 0) is 5.41 Å². The van der Waals surface area contributed by atoms with Gasteiger partial charge in [-0.1, -0.05) is 51.1 Å². The summed E-state index contributed by atoms with van der Waals surface area (Å²) in [6, 6.07) is 10.8. The molecule has 0 saturated heterocycles. The molecule has 2 aliphatic rings. The molecule has 1 aliphatic heterocycles. The summed E-state index contributed by atoms with van der Waals surface area (Å²) in [4.78, 5) is -0.526. The van der Waals surface area contributed by atoms with E-state index >= 15 is 0 Å². The number of hydrogen-bond acceptors (Lipinski definition) is 1. The van der Waals surface area contributed by atoms with Crippen molar-refractivity contribution in [1.82, 2.24) is 0 Å². The van der Waals surface area contributed by atoms with Crippen LogP contribution in [0.2, 0.25) is 0 Å². The summed E-state index contributed by atoms with van der Waals surface area (Å²) >= 11 is 13.6. The van der Waals surface area contributed by atoms with Crippen LogP contribution in [0.25, 0.3) is 16.8 Å². The maximum atomic E-state index is 7.09. The van der Waals surface area contributed by atoms with E-state index in [9.17, 15) is 0 Å². The van der Waals surface area contributed by atoms with Gasteiger partial charge in [-0.3, -0.25) is 0 Å². The highest BCUT2D eigenvalue weighted by Gasteiger charge is 2.45. The van der Waals surface area contributed by atoms with Gasteiger partial charge in [0.15, 0.2) is 0 Å². The largest absolute Gasteiger partial charge is 0.483 e. The topological polar surface area (TPSA) is 9.23 Å². The first-order valence-corrected chi connectivity index (χ1v) is 10.6. The summed E-state index contributed by atoms with van der Waals surface area (Å²) in [7, 11) is 0. The van der Waals surface area contributed by atoms with Crippen LogP contribution < -0.4 is 4.74 Å². The van der Waals surface area contributed by atoms with Crippen molar-refractivity contribution in [3.8, 4) is 5.75 Å². The zero-order valence-corrected chi connectivity index (χ0v) is 18.1. The molecule has 1 unspecified atom stereocenters. The third-order valence-electron chi connectivity index (χ3n) is 6.16. The summed E-state index contributed by atoms with van der Waals surface area (Å²) < 4.78 is 6.63. The van der Waals surface area contributed by atoms with Gasteiger partial charge in [-0.05, 0) is 61.1 Å². The molecule has 0 bridgehead atoms. The zero-order valence-electron chi connectivity index (χ0n) is 16.6. The number of halogens is 2. The van der Waals surface area contributed by atoms with Crippen molar-refractivity contribution < 1.29 is 4.74 Å². The minimum atomic E-state index is -0.387. The van der Waals surface area contributed by atoms with Gasteiger partial charge in [0.25, 0.3) is 0 Å². The molecule has 1 nitrogen and oxygen atoms in total. The van der Waals surface area contributed by atoms with Gasteiger partial charge >= 0.3 is 0 Å². The Morgan fingerprint density at radius 1 is 1.04 bits per heavy atom. The third-order valence-corrected chi connectivity index (χ3v) is 7.14. The molecule has 1 fully saturated rings. The minimum absolute atomic E-state index is 0.0403. The van der Waals surface area contributed by atoms with Gasteiger partial charge < -0.3 is 4.74 Å². The lowest BCUT2D eigenvalue weighted by Crippen LogP contribution is -2.46. The predicted molar refractivity (Wildman–Crippen MR) is 117 cm³/mol. The minimum Gasteiger partial charge on any atom is -0.483 e. The number of ether oxygens (including phenoxy) is 1. The number of rotatable bonds is 1. The first-order chi connectivity index (χ1) is 12.6. The number of alkyl halides is 2.